The molecule has 0 unspecified atom stereocenters. The third-order valence-corrected chi connectivity index (χ3v) is 4.30. The van der Waals surface area contributed by atoms with Crippen LogP contribution in [0.25, 0.3) is 0 Å². The average molecular weight is 446 g/mol. The van der Waals surface area contributed by atoms with Crippen LogP contribution in [0.15, 0.2) is 53.0 Å². The van der Waals surface area contributed by atoms with Gasteiger partial charge in [-0.3, -0.25) is 4.79 Å². The molecule has 104 valence electrons. The molecule has 0 spiro atoms. The molecular weight excluding hydrogens is 433 g/mol. The summed E-state index contributed by atoms with van der Waals surface area (Å²) >= 11 is 5.48. The van der Waals surface area contributed by atoms with Crippen LogP contribution >= 0.6 is 38.5 Å². The molecule has 0 fully saturated rings. The smallest absolute Gasteiger partial charge is 0.252 e. The molecule has 2 rings (SSSR count). The second-order valence-corrected chi connectivity index (χ2v) is 6.32. The van der Waals surface area contributed by atoms with Crippen molar-refractivity contribution in [3.63, 3.8) is 0 Å². The van der Waals surface area contributed by atoms with Crippen LogP contribution in [-0.2, 0) is 0 Å². The lowest BCUT2D eigenvalue weighted by molar-refractivity contribution is 0.0915. The molecule has 1 atom stereocenters. The SMILES string of the molecule is O=C(N[C@H](CO)c1ccccc1)c1cc(Br)ccc1I. The van der Waals surface area contributed by atoms with Gasteiger partial charge in [0.2, 0.25) is 0 Å². The molecule has 0 aliphatic rings. The van der Waals surface area contributed by atoms with E-state index in [2.05, 4.69) is 43.8 Å². The lowest BCUT2D eigenvalue weighted by Crippen LogP contribution is -2.31. The maximum absolute atomic E-state index is 12.3. The van der Waals surface area contributed by atoms with E-state index in [4.69, 9.17) is 0 Å². The maximum Gasteiger partial charge on any atom is 0.252 e. The summed E-state index contributed by atoms with van der Waals surface area (Å²) in [5.41, 5.74) is 1.47. The number of nitrogens with one attached hydrogen (secondary N) is 1. The molecule has 0 aliphatic carbocycles. The molecule has 0 saturated heterocycles. The summed E-state index contributed by atoms with van der Waals surface area (Å²) in [5.74, 6) is -0.196. The molecule has 0 aliphatic heterocycles. The molecule has 0 saturated carbocycles. The molecule has 0 bridgehead atoms. The van der Waals surface area contributed by atoms with Gasteiger partial charge in [0.1, 0.15) is 0 Å². The first kappa shape index (κ1) is 15.5. The quantitative estimate of drug-likeness (QED) is 0.707. The first-order chi connectivity index (χ1) is 9.61. The van der Waals surface area contributed by atoms with E-state index in [9.17, 15) is 9.90 Å². The minimum Gasteiger partial charge on any atom is -0.394 e. The van der Waals surface area contributed by atoms with Crippen molar-refractivity contribution >= 4 is 44.4 Å². The summed E-state index contributed by atoms with van der Waals surface area (Å²) in [6.45, 7) is -0.139. The zero-order chi connectivity index (χ0) is 14.5. The minimum absolute atomic E-state index is 0.139. The predicted molar refractivity (Wildman–Crippen MR) is 90.6 cm³/mol. The van der Waals surface area contributed by atoms with Crippen LogP contribution in [0.3, 0.4) is 0 Å². The Bertz CT molecular complexity index is 604. The monoisotopic (exact) mass is 445 g/mol. The number of hydrogen-bond acceptors (Lipinski definition) is 2. The van der Waals surface area contributed by atoms with Crippen molar-refractivity contribution in [2.75, 3.05) is 6.61 Å². The minimum atomic E-state index is -0.404. The van der Waals surface area contributed by atoms with Crippen LogP contribution in [0.5, 0.6) is 0 Å². The van der Waals surface area contributed by atoms with E-state index in [0.717, 1.165) is 13.6 Å². The molecule has 0 aromatic heterocycles. The van der Waals surface area contributed by atoms with E-state index < -0.39 is 6.04 Å². The standard InChI is InChI=1S/C15H13BrINO2/c16-11-6-7-13(17)12(8-11)15(20)18-14(9-19)10-4-2-1-3-5-10/h1-8,14,19H,9H2,(H,18,20)/t14-/m1/s1. The molecule has 2 aromatic rings. The van der Waals surface area contributed by atoms with Gasteiger partial charge in [-0.25, -0.2) is 0 Å². The van der Waals surface area contributed by atoms with Gasteiger partial charge in [-0.2, -0.15) is 0 Å². The highest BCUT2D eigenvalue weighted by molar-refractivity contribution is 14.1. The largest absolute Gasteiger partial charge is 0.394 e. The molecule has 0 heterocycles. The second-order valence-electron chi connectivity index (χ2n) is 4.24. The van der Waals surface area contributed by atoms with Gasteiger partial charge in [0.05, 0.1) is 18.2 Å². The molecule has 3 nitrogen and oxygen atoms in total. The van der Waals surface area contributed by atoms with Gasteiger partial charge in [0.15, 0.2) is 0 Å². The number of aliphatic hydroxyl groups excluding tert-OH is 1. The summed E-state index contributed by atoms with van der Waals surface area (Å²) in [4.78, 5) is 12.3. The van der Waals surface area contributed by atoms with Gasteiger partial charge in [0, 0.05) is 8.04 Å². The highest BCUT2D eigenvalue weighted by Gasteiger charge is 2.16. The highest BCUT2D eigenvalue weighted by Crippen LogP contribution is 2.20. The van der Waals surface area contributed by atoms with Crippen LogP contribution in [0.4, 0.5) is 0 Å². The van der Waals surface area contributed by atoms with Crippen LogP contribution in [0.1, 0.15) is 22.0 Å². The van der Waals surface area contributed by atoms with E-state index >= 15 is 0 Å². The fourth-order valence-corrected chi connectivity index (χ4v) is 2.77. The van der Waals surface area contributed by atoms with E-state index in [1.165, 1.54) is 0 Å². The molecule has 5 heteroatoms. The van der Waals surface area contributed by atoms with Crippen molar-refractivity contribution in [2.24, 2.45) is 0 Å². The number of carbonyl (C=O) groups excluding carboxylic acids is 1. The van der Waals surface area contributed by atoms with Crippen molar-refractivity contribution in [1.82, 2.24) is 5.32 Å². The van der Waals surface area contributed by atoms with Crippen molar-refractivity contribution in [1.29, 1.82) is 0 Å². The van der Waals surface area contributed by atoms with Crippen LogP contribution in [-0.4, -0.2) is 17.6 Å². The zero-order valence-corrected chi connectivity index (χ0v) is 14.3. The van der Waals surface area contributed by atoms with E-state index in [0.29, 0.717) is 5.56 Å². The molecule has 1 amide bonds. The number of halogens is 2. The normalized spacial score (nSPS) is 11.9. The van der Waals surface area contributed by atoms with Crippen LogP contribution < -0.4 is 5.32 Å². The molecular formula is C15H13BrINO2. The van der Waals surface area contributed by atoms with Crippen LogP contribution in [0, 0.1) is 3.57 Å². The Morgan fingerprint density at radius 3 is 2.60 bits per heavy atom. The second kappa shape index (κ2) is 7.19. The highest BCUT2D eigenvalue weighted by atomic mass is 127. The maximum atomic E-state index is 12.3. The summed E-state index contributed by atoms with van der Waals surface area (Å²) in [5, 5.41) is 12.3. The molecule has 2 aromatic carbocycles. The molecule has 2 N–H and O–H groups in total. The predicted octanol–water partition coefficient (Wildman–Crippen LogP) is 3.52. The first-order valence-corrected chi connectivity index (χ1v) is 7.90. The van der Waals surface area contributed by atoms with Gasteiger partial charge in [-0.05, 0) is 46.4 Å². The molecule has 20 heavy (non-hydrogen) atoms. The van der Waals surface area contributed by atoms with Crippen molar-refractivity contribution < 1.29 is 9.90 Å². The van der Waals surface area contributed by atoms with Gasteiger partial charge in [-0.1, -0.05) is 46.3 Å². The van der Waals surface area contributed by atoms with Crippen molar-refractivity contribution in [3.8, 4) is 0 Å². The topological polar surface area (TPSA) is 49.3 Å². The third kappa shape index (κ3) is 3.80. The summed E-state index contributed by atoms with van der Waals surface area (Å²) in [6.07, 6.45) is 0. The van der Waals surface area contributed by atoms with E-state index in [1.54, 1.807) is 6.07 Å². The van der Waals surface area contributed by atoms with Gasteiger partial charge in [0.25, 0.3) is 5.91 Å². The van der Waals surface area contributed by atoms with Gasteiger partial charge >= 0.3 is 0 Å². The van der Waals surface area contributed by atoms with E-state index in [1.807, 2.05) is 42.5 Å². The van der Waals surface area contributed by atoms with Gasteiger partial charge in [-0.15, -0.1) is 0 Å². The summed E-state index contributed by atoms with van der Waals surface area (Å²) < 4.78 is 1.72. The number of hydrogen-bond donors (Lipinski definition) is 2. The molecule has 0 radical (unpaired) electrons. The third-order valence-electron chi connectivity index (χ3n) is 2.86. The fourth-order valence-electron chi connectivity index (χ4n) is 1.83. The Hall–Kier alpha value is -0.920. The number of benzene rings is 2. The number of amides is 1. The zero-order valence-electron chi connectivity index (χ0n) is 10.5. The van der Waals surface area contributed by atoms with Gasteiger partial charge < -0.3 is 10.4 Å². The van der Waals surface area contributed by atoms with Crippen LogP contribution in [0.2, 0.25) is 0 Å². The Labute approximate surface area is 139 Å². The Balaban J connectivity index is 2.20. The number of rotatable bonds is 4. The first-order valence-electron chi connectivity index (χ1n) is 6.03. The average Bonchev–Trinajstić information content (AvgIpc) is 2.48. The van der Waals surface area contributed by atoms with E-state index in [-0.39, 0.29) is 12.5 Å². The fraction of sp³-hybridized carbons (Fsp3) is 0.133. The lowest BCUT2D eigenvalue weighted by Gasteiger charge is -2.17. The van der Waals surface area contributed by atoms with Crippen molar-refractivity contribution in [2.45, 2.75) is 6.04 Å². The number of carbonyl (C=O) groups is 1. The Morgan fingerprint density at radius 1 is 1.25 bits per heavy atom. The summed E-state index contributed by atoms with van der Waals surface area (Å²) in [6, 6.07) is 14.6. The lowest BCUT2D eigenvalue weighted by atomic mass is 10.1. The Morgan fingerprint density at radius 2 is 1.95 bits per heavy atom. The Kier molecular flexibility index (Phi) is 5.56. The van der Waals surface area contributed by atoms with Crippen molar-refractivity contribution in [3.05, 3.63) is 67.7 Å². The summed E-state index contributed by atoms with van der Waals surface area (Å²) in [7, 11) is 0. The number of aliphatic hydroxyl groups is 1.